The first-order valence-electron chi connectivity index (χ1n) is 5.86. The van der Waals surface area contributed by atoms with Gasteiger partial charge in [0.05, 0.1) is 6.10 Å². The van der Waals surface area contributed by atoms with Crippen LogP contribution in [0.25, 0.3) is 6.08 Å². The standard InChI is InChI=1S/C14H16O3/c15-14(17-11-13-7-4-10-16-13)9-8-12-5-2-1-3-6-12/h1-3,5-6,8-9,13H,4,7,10-11H2/b9-8+. The molecule has 3 nitrogen and oxygen atoms in total. The largest absolute Gasteiger partial charge is 0.460 e. The maximum absolute atomic E-state index is 11.4. The van der Waals surface area contributed by atoms with Crippen LogP contribution in [0.1, 0.15) is 18.4 Å². The van der Waals surface area contributed by atoms with E-state index in [0.29, 0.717) is 6.61 Å². The minimum atomic E-state index is -0.315. The summed E-state index contributed by atoms with van der Waals surface area (Å²) < 4.78 is 10.5. The highest BCUT2D eigenvalue weighted by atomic mass is 16.6. The average molecular weight is 232 g/mol. The van der Waals surface area contributed by atoms with Crippen LogP contribution in [-0.2, 0) is 14.3 Å². The van der Waals surface area contributed by atoms with Gasteiger partial charge in [-0.05, 0) is 24.5 Å². The maximum Gasteiger partial charge on any atom is 0.330 e. The van der Waals surface area contributed by atoms with E-state index >= 15 is 0 Å². The molecule has 0 aromatic heterocycles. The molecule has 1 heterocycles. The van der Waals surface area contributed by atoms with Gasteiger partial charge in [-0.2, -0.15) is 0 Å². The Bertz CT molecular complexity index is 378. The number of benzene rings is 1. The first-order chi connectivity index (χ1) is 8.34. The average Bonchev–Trinajstić information content (AvgIpc) is 2.88. The predicted molar refractivity (Wildman–Crippen MR) is 65.4 cm³/mol. The van der Waals surface area contributed by atoms with E-state index in [9.17, 15) is 4.79 Å². The van der Waals surface area contributed by atoms with Crippen molar-refractivity contribution in [2.45, 2.75) is 18.9 Å². The van der Waals surface area contributed by atoms with Crippen molar-refractivity contribution in [1.82, 2.24) is 0 Å². The molecule has 3 heteroatoms. The van der Waals surface area contributed by atoms with Gasteiger partial charge in [0.15, 0.2) is 0 Å². The van der Waals surface area contributed by atoms with Gasteiger partial charge < -0.3 is 9.47 Å². The highest BCUT2D eigenvalue weighted by Gasteiger charge is 2.16. The summed E-state index contributed by atoms with van der Waals surface area (Å²) in [5.74, 6) is -0.315. The Morgan fingerprint density at radius 2 is 2.24 bits per heavy atom. The van der Waals surface area contributed by atoms with Crippen LogP contribution in [0.15, 0.2) is 36.4 Å². The number of hydrogen-bond donors (Lipinski definition) is 0. The fourth-order valence-electron chi connectivity index (χ4n) is 1.73. The summed E-state index contributed by atoms with van der Waals surface area (Å²) in [4.78, 5) is 11.4. The van der Waals surface area contributed by atoms with E-state index < -0.39 is 0 Å². The van der Waals surface area contributed by atoms with Crippen molar-refractivity contribution in [3.05, 3.63) is 42.0 Å². The van der Waals surface area contributed by atoms with Crippen LogP contribution < -0.4 is 0 Å². The van der Waals surface area contributed by atoms with Gasteiger partial charge in [0, 0.05) is 12.7 Å². The Kier molecular flexibility index (Phi) is 4.33. The van der Waals surface area contributed by atoms with Crippen molar-refractivity contribution in [1.29, 1.82) is 0 Å². The van der Waals surface area contributed by atoms with Crippen LogP contribution >= 0.6 is 0 Å². The van der Waals surface area contributed by atoms with Gasteiger partial charge in [0.2, 0.25) is 0 Å². The number of hydrogen-bond acceptors (Lipinski definition) is 3. The Labute approximate surface area is 101 Å². The summed E-state index contributed by atoms with van der Waals surface area (Å²) in [5, 5.41) is 0. The number of carbonyl (C=O) groups excluding carboxylic acids is 1. The summed E-state index contributed by atoms with van der Waals surface area (Å²) in [6.07, 6.45) is 5.32. The van der Waals surface area contributed by atoms with Crippen LogP contribution in [0.4, 0.5) is 0 Å². The molecule has 0 saturated carbocycles. The summed E-state index contributed by atoms with van der Waals surface area (Å²) in [5.41, 5.74) is 0.988. The third-order valence-electron chi connectivity index (χ3n) is 2.65. The van der Waals surface area contributed by atoms with E-state index in [0.717, 1.165) is 25.0 Å². The van der Waals surface area contributed by atoms with Crippen molar-refractivity contribution in [3.63, 3.8) is 0 Å². The second kappa shape index (κ2) is 6.21. The highest BCUT2D eigenvalue weighted by molar-refractivity contribution is 5.87. The van der Waals surface area contributed by atoms with Crippen molar-refractivity contribution < 1.29 is 14.3 Å². The highest BCUT2D eigenvalue weighted by Crippen LogP contribution is 2.12. The smallest absolute Gasteiger partial charge is 0.330 e. The zero-order valence-electron chi connectivity index (χ0n) is 9.67. The molecule has 1 unspecified atom stereocenters. The molecule has 1 aliphatic rings. The molecule has 1 saturated heterocycles. The molecule has 0 aliphatic carbocycles. The molecule has 2 rings (SSSR count). The molecule has 1 atom stereocenters. The van der Waals surface area contributed by atoms with E-state index in [1.165, 1.54) is 6.08 Å². The number of ether oxygens (including phenoxy) is 2. The van der Waals surface area contributed by atoms with Gasteiger partial charge in [-0.1, -0.05) is 30.3 Å². The van der Waals surface area contributed by atoms with Crippen molar-refractivity contribution in [2.75, 3.05) is 13.2 Å². The van der Waals surface area contributed by atoms with Crippen LogP contribution in [-0.4, -0.2) is 25.3 Å². The monoisotopic (exact) mass is 232 g/mol. The fourth-order valence-corrected chi connectivity index (χ4v) is 1.73. The van der Waals surface area contributed by atoms with Crippen LogP contribution in [0.2, 0.25) is 0 Å². The Morgan fingerprint density at radius 3 is 2.94 bits per heavy atom. The van der Waals surface area contributed by atoms with Crippen LogP contribution in [0, 0.1) is 0 Å². The molecule has 0 spiro atoms. The van der Waals surface area contributed by atoms with Crippen LogP contribution in [0.5, 0.6) is 0 Å². The Balaban J connectivity index is 1.75. The molecule has 1 aliphatic heterocycles. The van der Waals surface area contributed by atoms with Crippen molar-refractivity contribution in [2.24, 2.45) is 0 Å². The van der Waals surface area contributed by atoms with E-state index in [1.54, 1.807) is 6.08 Å². The molecule has 17 heavy (non-hydrogen) atoms. The second-order valence-corrected chi connectivity index (χ2v) is 4.01. The van der Waals surface area contributed by atoms with Crippen molar-refractivity contribution >= 4 is 12.0 Å². The van der Waals surface area contributed by atoms with Gasteiger partial charge in [-0.15, -0.1) is 0 Å². The molecule has 0 bridgehead atoms. The Hall–Kier alpha value is -1.61. The SMILES string of the molecule is O=C(/C=C/c1ccccc1)OCC1CCCO1. The van der Waals surface area contributed by atoms with Crippen LogP contribution in [0.3, 0.4) is 0 Å². The molecule has 90 valence electrons. The fraction of sp³-hybridized carbons (Fsp3) is 0.357. The number of esters is 1. The molecule has 0 N–H and O–H groups in total. The molecular weight excluding hydrogens is 216 g/mol. The minimum Gasteiger partial charge on any atom is -0.460 e. The van der Waals surface area contributed by atoms with E-state index in [1.807, 2.05) is 30.3 Å². The predicted octanol–water partition coefficient (Wildman–Crippen LogP) is 2.42. The molecular formula is C14H16O3. The van der Waals surface area contributed by atoms with E-state index in [4.69, 9.17) is 9.47 Å². The minimum absolute atomic E-state index is 0.0871. The number of carbonyl (C=O) groups is 1. The molecule has 1 fully saturated rings. The summed E-state index contributed by atoms with van der Waals surface area (Å²) >= 11 is 0. The summed E-state index contributed by atoms with van der Waals surface area (Å²) in [6, 6.07) is 9.66. The summed E-state index contributed by atoms with van der Waals surface area (Å²) in [6.45, 7) is 1.14. The lowest BCUT2D eigenvalue weighted by Gasteiger charge is -2.08. The second-order valence-electron chi connectivity index (χ2n) is 4.01. The Morgan fingerprint density at radius 1 is 1.41 bits per heavy atom. The lowest BCUT2D eigenvalue weighted by atomic mass is 10.2. The quantitative estimate of drug-likeness (QED) is 0.590. The van der Waals surface area contributed by atoms with Gasteiger partial charge in [-0.3, -0.25) is 0 Å². The lowest BCUT2D eigenvalue weighted by molar-refractivity contribution is -0.140. The van der Waals surface area contributed by atoms with E-state index in [2.05, 4.69) is 0 Å². The van der Waals surface area contributed by atoms with Gasteiger partial charge in [0.25, 0.3) is 0 Å². The molecule has 0 amide bonds. The zero-order chi connectivity index (χ0) is 11.9. The topological polar surface area (TPSA) is 35.5 Å². The first kappa shape index (κ1) is 11.9. The third-order valence-corrected chi connectivity index (χ3v) is 2.65. The zero-order valence-corrected chi connectivity index (χ0v) is 9.67. The molecule has 0 radical (unpaired) electrons. The van der Waals surface area contributed by atoms with E-state index in [-0.39, 0.29) is 12.1 Å². The van der Waals surface area contributed by atoms with Gasteiger partial charge in [-0.25, -0.2) is 4.79 Å². The normalized spacial score (nSPS) is 19.6. The molecule has 1 aromatic carbocycles. The maximum atomic E-state index is 11.4. The third kappa shape index (κ3) is 4.04. The summed E-state index contributed by atoms with van der Waals surface area (Å²) in [7, 11) is 0. The lowest BCUT2D eigenvalue weighted by Crippen LogP contribution is -2.16. The van der Waals surface area contributed by atoms with Gasteiger partial charge >= 0.3 is 5.97 Å². The van der Waals surface area contributed by atoms with Gasteiger partial charge in [0.1, 0.15) is 6.61 Å². The van der Waals surface area contributed by atoms with Crippen molar-refractivity contribution in [3.8, 4) is 0 Å². The molecule has 1 aromatic rings. The number of rotatable bonds is 4. The first-order valence-corrected chi connectivity index (χ1v) is 5.86.